The Labute approximate surface area is 124 Å². The minimum absolute atomic E-state index is 0. The van der Waals surface area contributed by atoms with Crippen LogP contribution < -0.4 is 11.4 Å². The third-order valence-electron chi connectivity index (χ3n) is 2.64. The molecular formula is C9H14N3NaO5. The molecule has 2 heterocycles. The van der Waals surface area contributed by atoms with Gasteiger partial charge in [0.15, 0.2) is 6.23 Å². The van der Waals surface area contributed by atoms with Crippen LogP contribution in [0, 0.1) is 0 Å². The van der Waals surface area contributed by atoms with Crippen LogP contribution in [-0.4, -0.2) is 79.3 Å². The van der Waals surface area contributed by atoms with Gasteiger partial charge in [-0.25, -0.2) is 4.79 Å². The van der Waals surface area contributed by atoms with Crippen molar-refractivity contribution in [2.75, 3.05) is 12.3 Å². The second-order valence-electron chi connectivity index (χ2n) is 3.77. The first kappa shape index (κ1) is 15.6. The van der Waals surface area contributed by atoms with Gasteiger partial charge < -0.3 is 25.8 Å². The molecule has 4 atom stereocenters. The second kappa shape index (κ2) is 6.11. The number of aliphatic hydroxyl groups is 3. The van der Waals surface area contributed by atoms with Crippen LogP contribution in [0.5, 0.6) is 0 Å². The van der Waals surface area contributed by atoms with Gasteiger partial charge in [0.2, 0.25) is 0 Å². The van der Waals surface area contributed by atoms with Gasteiger partial charge in [-0.05, 0) is 6.07 Å². The zero-order valence-corrected chi connectivity index (χ0v) is 8.80. The molecule has 0 aromatic carbocycles. The van der Waals surface area contributed by atoms with Crippen molar-refractivity contribution in [1.82, 2.24) is 9.55 Å². The molecule has 9 heteroatoms. The molecule has 5 N–H and O–H groups in total. The van der Waals surface area contributed by atoms with Gasteiger partial charge in [0, 0.05) is 6.20 Å². The number of ether oxygens (including phenoxy) is 1. The van der Waals surface area contributed by atoms with Crippen LogP contribution in [-0.2, 0) is 4.74 Å². The zero-order chi connectivity index (χ0) is 12.6. The zero-order valence-electron chi connectivity index (χ0n) is 8.80. The molecule has 1 aromatic rings. The Balaban J connectivity index is 0.00000162. The number of rotatable bonds is 2. The fourth-order valence-electron chi connectivity index (χ4n) is 1.73. The summed E-state index contributed by atoms with van der Waals surface area (Å²) < 4.78 is 6.19. The molecule has 8 nitrogen and oxygen atoms in total. The molecule has 1 saturated heterocycles. The number of nitrogen functional groups attached to an aromatic ring is 1. The van der Waals surface area contributed by atoms with Gasteiger partial charge in [-0.1, -0.05) is 0 Å². The van der Waals surface area contributed by atoms with Gasteiger partial charge >= 0.3 is 35.2 Å². The van der Waals surface area contributed by atoms with Crippen LogP contribution in [0.3, 0.4) is 0 Å². The molecule has 96 valence electrons. The van der Waals surface area contributed by atoms with Crippen molar-refractivity contribution in [3.05, 3.63) is 22.7 Å². The van der Waals surface area contributed by atoms with Crippen molar-refractivity contribution in [1.29, 1.82) is 0 Å². The van der Waals surface area contributed by atoms with Crippen LogP contribution in [0.4, 0.5) is 5.82 Å². The van der Waals surface area contributed by atoms with Crippen LogP contribution >= 0.6 is 0 Å². The molecule has 2 rings (SSSR count). The van der Waals surface area contributed by atoms with E-state index >= 15 is 0 Å². The van der Waals surface area contributed by atoms with Crippen molar-refractivity contribution in [3.63, 3.8) is 0 Å². The van der Waals surface area contributed by atoms with Crippen LogP contribution in [0.2, 0.25) is 0 Å². The molecule has 0 radical (unpaired) electrons. The molecular weight excluding hydrogens is 253 g/mol. The molecule has 0 amide bonds. The van der Waals surface area contributed by atoms with E-state index in [0.717, 1.165) is 4.57 Å². The van der Waals surface area contributed by atoms with Crippen molar-refractivity contribution >= 4 is 35.4 Å². The van der Waals surface area contributed by atoms with E-state index in [-0.39, 0.29) is 35.4 Å². The summed E-state index contributed by atoms with van der Waals surface area (Å²) in [6.07, 6.45) is -3.27. The number of aromatic nitrogens is 2. The monoisotopic (exact) mass is 267 g/mol. The van der Waals surface area contributed by atoms with E-state index in [1.807, 2.05) is 0 Å². The molecule has 18 heavy (non-hydrogen) atoms. The summed E-state index contributed by atoms with van der Waals surface area (Å²) in [4.78, 5) is 15.0. The Bertz CT molecular complexity index is 468. The fraction of sp³-hybridized carbons (Fsp3) is 0.556. The summed E-state index contributed by atoms with van der Waals surface area (Å²) in [5.74, 6) is 0.0537. The van der Waals surface area contributed by atoms with E-state index in [1.54, 1.807) is 0 Å². The van der Waals surface area contributed by atoms with Crippen LogP contribution in [0.25, 0.3) is 0 Å². The van der Waals surface area contributed by atoms with Crippen molar-refractivity contribution in [3.8, 4) is 0 Å². The van der Waals surface area contributed by atoms with E-state index in [1.165, 1.54) is 12.3 Å². The molecule has 1 aliphatic heterocycles. The summed E-state index contributed by atoms with van der Waals surface area (Å²) in [6, 6.07) is 1.37. The van der Waals surface area contributed by atoms with Gasteiger partial charge in [0.05, 0.1) is 6.61 Å². The summed E-state index contributed by atoms with van der Waals surface area (Å²) in [6.45, 7) is -0.453. The van der Waals surface area contributed by atoms with E-state index in [9.17, 15) is 15.0 Å². The molecule has 1 fully saturated rings. The molecule has 0 saturated carbocycles. The first-order valence-corrected chi connectivity index (χ1v) is 5.01. The average Bonchev–Trinajstić information content (AvgIpc) is 2.57. The topological polar surface area (TPSA) is 131 Å². The minimum atomic E-state index is -1.31. The average molecular weight is 267 g/mol. The first-order chi connectivity index (χ1) is 8.04. The Hall–Kier alpha value is -0.480. The fourth-order valence-corrected chi connectivity index (χ4v) is 1.73. The number of aliphatic hydroxyl groups excluding tert-OH is 3. The molecule has 1 aliphatic rings. The SMILES string of the molecule is Nc1ccn([C@@H]2O[C@H](CO)C(O)C2O)c(=O)n1.[NaH]. The van der Waals surface area contributed by atoms with Gasteiger partial charge in [-0.2, -0.15) is 4.98 Å². The van der Waals surface area contributed by atoms with Gasteiger partial charge in [0.1, 0.15) is 24.1 Å². The molecule has 0 bridgehead atoms. The third kappa shape index (κ3) is 2.75. The Morgan fingerprint density at radius 1 is 1.44 bits per heavy atom. The maximum atomic E-state index is 11.5. The van der Waals surface area contributed by atoms with Gasteiger partial charge in [0.25, 0.3) is 0 Å². The normalized spacial score (nSPS) is 31.1. The number of anilines is 1. The number of nitrogens with zero attached hydrogens (tertiary/aromatic N) is 2. The predicted octanol–water partition coefficient (Wildman–Crippen LogP) is -3.21. The summed E-state index contributed by atoms with van der Waals surface area (Å²) in [7, 11) is 0. The van der Waals surface area contributed by atoms with E-state index < -0.39 is 36.8 Å². The Kier molecular flexibility index (Phi) is 5.29. The van der Waals surface area contributed by atoms with E-state index in [0.29, 0.717) is 0 Å². The Morgan fingerprint density at radius 2 is 2.11 bits per heavy atom. The molecule has 1 aromatic heterocycles. The quantitative estimate of drug-likeness (QED) is 0.415. The van der Waals surface area contributed by atoms with Crippen molar-refractivity contribution in [2.24, 2.45) is 0 Å². The van der Waals surface area contributed by atoms with Crippen LogP contribution in [0.1, 0.15) is 6.23 Å². The standard InChI is InChI=1S/C9H13N3O5.Na.H/c10-5-1-2-12(9(16)11-5)8-7(15)6(14)4(3-13)17-8;;/h1-2,4,6-8,13-15H,3H2,(H2,10,11,16);;/t4-,6?,7?,8-;;/m1../s1. The molecule has 0 spiro atoms. The number of hydrogen-bond acceptors (Lipinski definition) is 7. The van der Waals surface area contributed by atoms with Crippen molar-refractivity contribution < 1.29 is 20.1 Å². The van der Waals surface area contributed by atoms with E-state index in [2.05, 4.69) is 4.98 Å². The second-order valence-corrected chi connectivity index (χ2v) is 3.77. The predicted molar refractivity (Wildman–Crippen MR) is 63.1 cm³/mol. The summed E-state index contributed by atoms with van der Waals surface area (Å²) in [5, 5.41) is 28.2. The first-order valence-electron chi connectivity index (χ1n) is 5.01. The summed E-state index contributed by atoms with van der Waals surface area (Å²) in [5.41, 5.74) is 4.63. The summed E-state index contributed by atoms with van der Waals surface area (Å²) >= 11 is 0. The van der Waals surface area contributed by atoms with Crippen LogP contribution in [0.15, 0.2) is 17.1 Å². The Morgan fingerprint density at radius 3 is 2.61 bits per heavy atom. The van der Waals surface area contributed by atoms with E-state index in [4.69, 9.17) is 15.6 Å². The number of hydrogen-bond donors (Lipinski definition) is 4. The van der Waals surface area contributed by atoms with Gasteiger partial charge in [-0.15, -0.1) is 0 Å². The molecule has 2 unspecified atom stereocenters. The maximum absolute atomic E-state index is 11.5. The molecule has 0 aliphatic carbocycles. The van der Waals surface area contributed by atoms with Gasteiger partial charge in [-0.3, -0.25) is 4.57 Å². The van der Waals surface area contributed by atoms with Crippen molar-refractivity contribution in [2.45, 2.75) is 24.5 Å². The number of nitrogens with two attached hydrogens (primary N) is 1. The third-order valence-corrected chi connectivity index (χ3v) is 2.64.